The van der Waals surface area contributed by atoms with Crippen molar-refractivity contribution in [2.45, 2.75) is 31.6 Å². The normalized spacial score (nSPS) is 16.2. The van der Waals surface area contributed by atoms with Crippen LogP contribution in [0.1, 0.15) is 24.2 Å². The minimum absolute atomic E-state index is 0.138. The quantitative estimate of drug-likeness (QED) is 0.669. The zero-order chi connectivity index (χ0) is 20.3. The van der Waals surface area contributed by atoms with Gasteiger partial charge < -0.3 is 19.5 Å². The maximum atomic E-state index is 13.0. The second-order valence-electron chi connectivity index (χ2n) is 6.86. The SMILES string of the molecule is CN1CCC(N(Cc2ccco2)C(=S)Nc2cc(C(F)(F)F)ccc2Cl)CC1. The maximum Gasteiger partial charge on any atom is 0.416 e. The van der Waals surface area contributed by atoms with E-state index in [1.165, 1.54) is 6.07 Å². The summed E-state index contributed by atoms with van der Waals surface area (Å²) in [6, 6.07) is 6.96. The second kappa shape index (κ2) is 8.71. The first kappa shape index (κ1) is 21.0. The molecule has 1 N–H and O–H groups in total. The molecule has 4 nitrogen and oxygen atoms in total. The van der Waals surface area contributed by atoms with E-state index in [0.717, 1.165) is 43.8 Å². The third kappa shape index (κ3) is 5.18. The first-order valence-electron chi connectivity index (χ1n) is 8.89. The van der Waals surface area contributed by atoms with Crippen molar-refractivity contribution in [2.75, 3.05) is 25.5 Å². The van der Waals surface area contributed by atoms with Gasteiger partial charge in [-0.3, -0.25) is 0 Å². The molecule has 0 spiro atoms. The molecule has 2 aromatic rings. The molecule has 1 fully saturated rings. The average Bonchev–Trinajstić information content (AvgIpc) is 3.14. The molecule has 0 radical (unpaired) electrons. The van der Waals surface area contributed by atoms with Crippen molar-refractivity contribution in [3.05, 3.63) is 52.9 Å². The third-order valence-corrected chi connectivity index (χ3v) is 5.50. The summed E-state index contributed by atoms with van der Waals surface area (Å²) in [4.78, 5) is 4.21. The molecule has 0 saturated carbocycles. The van der Waals surface area contributed by atoms with Gasteiger partial charge in [-0.15, -0.1) is 0 Å². The Morgan fingerprint density at radius 1 is 1.32 bits per heavy atom. The summed E-state index contributed by atoms with van der Waals surface area (Å²) in [5, 5.41) is 3.42. The Balaban J connectivity index is 1.81. The smallest absolute Gasteiger partial charge is 0.416 e. The number of nitrogens with one attached hydrogen (secondary N) is 1. The highest BCUT2D eigenvalue weighted by molar-refractivity contribution is 7.80. The number of hydrogen-bond acceptors (Lipinski definition) is 3. The number of thiocarbonyl (C=S) groups is 1. The molecule has 0 atom stereocenters. The number of alkyl halides is 3. The van der Waals surface area contributed by atoms with Crippen LogP contribution in [0.2, 0.25) is 5.02 Å². The van der Waals surface area contributed by atoms with Crippen LogP contribution in [0.4, 0.5) is 18.9 Å². The summed E-state index contributed by atoms with van der Waals surface area (Å²) in [5.41, 5.74) is -0.641. The van der Waals surface area contributed by atoms with E-state index in [0.29, 0.717) is 11.7 Å². The number of benzene rings is 1. The van der Waals surface area contributed by atoms with Gasteiger partial charge in [-0.25, -0.2) is 0 Å². The Labute approximate surface area is 172 Å². The lowest BCUT2D eigenvalue weighted by molar-refractivity contribution is -0.137. The van der Waals surface area contributed by atoms with Crippen molar-refractivity contribution >= 4 is 34.6 Å². The van der Waals surface area contributed by atoms with Crippen molar-refractivity contribution in [3.63, 3.8) is 0 Å². The van der Waals surface area contributed by atoms with Crippen molar-refractivity contribution in [1.29, 1.82) is 0 Å². The van der Waals surface area contributed by atoms with Crippen LogP contribution in [0.3, 0.4) is 0 Å². The number of likely N-dealkylation sites (tertiary alicyclic amines) is 1. The summed E-state index contributed by atoms with van der Waals surface area (Å²) < 4.78 is 44.6. The van der Waals surface area contributed by atoms with Crippen LogP contribution in [0, 0.1) is 0 Å². The first-order valence-corrected chi connectivity index (χ1v) is 9.68. The molecular formula is C19H21ClF3N3OS. The van der Waals surface area contributed by atoms with Gasteiger partial charge in [-0.2, -0.15) is 13.2 Å². The van der Waals surface area contributed by atoms with Crippen LogP contribution in [-0.4, -0.2) is 41.1 Å². The molecule has 1 aromatic heterocycles. The Hall–Kier alpha value is -1.77. The third-order valence-electron chi connectivity index (χ3n) is 4.83. The van der Waals surface area contributed by atoms with Crippen molar-refractivity contribution in [2.24, 2.45) is 0 Å². The molecule has 0 unspecified atom stereocenters. The van der Waals surface area contributed by atoms with Crippen molar-refractivity contribution in [3.8, 4) is 0 Å². The van der Waals surface area contributed by atoms with Crippen LogP contribution < -0.4 is 5.32 Å². The van der Waals surface area contributed by atoms with Gasteiger partial charge in [0.2, 0.25) is 0 Å². The number of furan rings is 1. The molecule has 2 heterocycles. The number of anilines is 1. The highest BCUT2D eigenvalue weighted by Crippen LogP contribution is 2.34. The van der Waals surface area contributed by atoms with Crippen LogP contribution in [0.5, 0.6) is 0 Å². The van der Waals surface area contributed by atoms with E-state index in [9.17, 15) is 13.2 Å². The highest BCUT2D eigenvalue weighted by Gasteiger charge is 2.31. The van der Waals surface area contributed by atoms with Gasteiger partial charge >= 0.3 is 6.18 Å². The largest absolute Gasteiger partial charge is 0.467 e. The molecule has 1 aliphatic rings. The van der Waals surface area contributed by atoms with E-state index in [1.54, 1.807) is 12.3 Å². The van der Waals surface area contributed by atoms with Gasteiger partial charge in [0.25, 0.3) is 0 Å². The van der Waals surface area contributed by atoms with Gasteiger partial charge in [-0.1, -0.05) is 11.6 Å². The predicted molar refractivity (Wildman–Crippen MR) is 107 cm³/mol. The molecule has 28 heavy (non-hydrogen) atoms. The van der Waals surface area contributed by atoms with Crippen LogP contribution in [0.15, 0.2) is 41.0 Å². The zero-order valence-electron chi connectivity index (χ0n) is 15.3. The number of hydrogen-bond donors (Lipinski definition) is 1. The van der Waals surface area contributed by atoms with Gasteiger partial charge in [-0.05, 0) is 75.5 Å². The van der Waals surface area contributed by atoms with Gasteiger partial charge in [0.1, 0.15) is 5.76 Å². The molecule has 1 aliphatic heterocycles. The first-order chi connectivity index (χ1) is 13.2. The minimum Gasteiger partial charge on any atom is -0.467 e. The number of nitrogens with zero attached hydrogens (tertiary/aromatic N) is 2. The van der Waals surface area contributed by atoms with E-state index >= 15 is 0 Å². The summed E-state index contributed by atoms with van der Waals surface area (Å²) in [6.45, 7) is 2.28. The molecule has 3 rings (SSSR count). The fourth-order valence-electron chi connectivity index (χ4n) is 3.23. The molecule has 9 heteroatoms. The fourth-order valence-corrected chi connectivity index (χ4v) is 3.72. The van der Waals surface area contributed by atoms with Crippen molar-refractivity contribution in [1.82, 2.24) is 9.80 Å². The van der Waals surface area contributed by atoms with E-state index in [2.05, 4.69) is 17.3 Å². The highest BCUT2D eigenvalue weighted by atomic mass is 35.5. The van der Waals surface area contributed by atoms with Gasteiger partial charge in [0.15, 0.2) is 5.11 Å². The topological polar surface area (TPSA) is 31.6 Å². The lowest BCUT2D eigenvalue weighted by atomic mass is 10.0. The Morgan fingerprint density at radius 2 is 2.04 bits per heavy atom. The van der Waals surface area contributed by atoms with E-state index < -0.39 is 11.7 Å². The molecule has 0 bridgehead atoms. The monoisotopic (exact) mass is 431 g/mol. The summed E-state index contributed by atoms with van der Waals surface area (Å²) in [5.74, 6) is 0.734. The average molecular weight is 432 g/mol. The maximum absolute atomic E-state index is 13.0. The standard InChI is InChI=1S/C19H21ClF3N3OS/c1-25-8-6-14(7-9-25)26(12-15-3-2-10-27-15)18(28)24-17-11-13(19(21,22)23)4-5-16(17)20/h2-5,10-11,14H,6-9,12H2,1H3,(H,24,28). The fraction of sp³-hybridized carbons (Fsp3) is 0.421. The second-order valence-corrected chi connectivity index (χ2v) is 7.66. The Kier molecular flexibility index (Phi) is 6.52. The predicted octanol–water partition coefficient (Wildman–Crippen LogP) is 5.25. The van der Waals surface area contributed by atoms with Crippen LogP contribution >= 0.6 is 23.8 Å². The van der Waals surface area contributed by atoms with Crippen LogP contribution in [-0.2, 0) is 12.7 Å². The molecule has 0 aliphatic carbocycles. The number of rotatable bonds is 4. The zero-order valence-corrected chi connectivity index (χ0v) is 16.9. The molecule has 1 saturated heterocycles. The summed E-state index contributed by atoms with van der Waals surface area (Å²) >= 11 is 11.7. The molecule has 1 aromatic carbocycles. The number of halogens is 4. The molecule has 0 amide bonds. The Morgan fingerprint density at radius 3 is 2.64 bits per heavy atom. The van der Waals surface area contributed by atoms with E-state index in [-0.39, 0.29) is 16.8 Å². The summed E-state index contributed by atoms with van der Waals surface area (Å²) in [7, 11) is 2.06. The minimum atomic E-state index is -4.45. The summed E-state index contributed by atoms with van der Waals surface area (Å²) in [6.07, 6.45) is -1.07. The van der Waals surface area contributed by atoms with Gasteiger partial charge in [0.05, 0.1) is 29.1 Å². The van der Waals surface area contributed by atoms with Gasteiger partial charge in [0, 0.05) is 6.04 Å². The lowest BCUT2D eigenvalue weighted by Crippen LogP contribution is -2.47. The van der Waals surface area contributed by atoms with E-state index in [4.69, 9.17) is 28.2 Å². The lowest BCUT2D eigenvalue weighted by Gasteiger charge is -2.38. The van der Waals surface area contributed by atoms with E-state index in [1.807, 2.05) is 11.0 Å². The number of piperidine rings is 1. The molecule has 152 valence electrons. The van der Waals surface area contributed by atoms with Crippen molar-refractivity contribution < 1.29 is 17.6 Å². The van der Waals surface area contributed by atoms with Crippen LogP contribution in [0.25, 0.3) is 0 Å². The molecular weight excluding hydrogens is 411 g/mol. The Bertz CT molecular complexity index is 805.